The molecular weight excluding hydrogens is 268 g/mol. The third-order valence-corrected chi connectivity index (χ3v) is 3.89. The van der Waals surface area contributed by atoms with Gasteiger partial charge in [-0.15, -0.1) is 0 Å². The van der Waals surface area contributed by atoms with Crippen LogP contribution in [0.2, 0.25) is 0 Å². The highest BCUT2D eigenvalue weighted by atomic mass is 16.2. The van der Waals surface area contributed by atoms with Crippen molar-refractivity contribution in [2.75, 3.05) is 6.61 Å². The summed E-state index contributed by atoms with van der Waals surface area (Å²) in [7, 11) is 0. The molecule has 0 aliphatic carbocycles. The molecule has 2 atom stereocenters. The van der Waals surface area contributed by atoms with Crippen molar-refractivity contribution >= 4 is 0 Å². The van der Waals surface area contributed by atoms with Crippen LogP contribution in [0.1, 0.15) is 67.2 Å². The van der Waals surface area contributed by atoms with E-state index in [1.54, 1.807) is 0 Å². The Hall–Kier alpha value is -1.08. The summed E-state index contributed by atoms with van der Waals surface area (Å²) in [6, 6.07) is 0. The van der Waals surface area contributed by atoms with E-state index in [9.17, 15) is 0 Å². The molecule has 0 radical (unpaired) electrons. The molecule has 0 heterocycles. The van der Waals surface area contributed by atoms with E-state index in [2.05, 4.69) is 65.8 Å². The van der Waals surface area contributed by atoms with Crippen molar-refractivity contribution in [2.24, 2.45) is 11.8 Å². The number of aliphatic hydroxyl groups is 1. The van der Waals surface area contributed by atoms with E-state index in [-0.39, 0.29) is 6.61 Å². The predicted octanol–water partition coefficient (Wildman–Crippen LogP) is 6.23. The summed E-state index contributed by atoms with van der Waals surface area (Å²) >= 11 is 0. The van der Waals surface area contributed by atoms with Crippen LogP contribution in [-0.4, -0.2) is 11.7 Å². The van der Waals surface area contributed by atoms with E-state index >= 15 is 0 Å². The molecule has 0 rings (SSSR count). The topological polar surface area (TPSA) is 20.2 Å². The summed E-state index contributed by atoms with van der Waals surface area (Å²) in [5.41, 5.74) is 4.14. The molecule has 1 N–H and O–H groups in total. The van der Waals surface area contributed by atoms with Crippen molar-refractivity contribution in [2.45, 2.75) is 67.2 Å². The number of rotatable bonds is 10. The first-order chi connectivity index (χ1) is 10.4. The van der Waals surface area contributed by atoms with Gasteiger partial charge in [0, 0.05) is 0 Å². The molecule has 0 aliphatic heterocycles. The summed E-state index contributed by atoms with van der Waals surface area (Å²) in [6.45, 7) is 13.6. The van der Waals surface area contributed by atoms with Crippen LogP contribution >= 0.6 is 0 Å². The molecule has 0 aromatic rings. The quantitative estimate of drug-likeness (QED) is 0.375. The third-order valence-electron chi connectivity index (χ3n) is 3.89. The first kappa shape index (κ1) is 20.9. The number of aliphatic hydroxyl groups excluding tert-OH is 1. The van der Waals surface area contributed by atoms with Gasteiger partial charge in [-0.25, -0.2) is 0 Å². The lowest BCUT2D eigenvalue weighted by Gasteiger charge is -2.10. The van der Waals surface area contributed by atoms with Crippen molar-refractivity contribution in [1.29, 1.82) is 0 Å². The van der Waals surface area contributed by atoms with E-state index in [1.807, 2.05) is 6.08 Å². The zero-order valence-corrected chi connectivity index (χ0v) is 15.5. The van der Waals surface area contributed by atoms with Gasteiger partial charge in [-0.1, -0.05) is 74.3 Å². The van der Waals surface area contributed by atoms with Gasteiger partial charge in [0.2, 0.25) is 0 Å². The van der Waals surface area contributed by atoms with Crippen LogP contribution in [0, 0.1) is 11.8 Å². The summed E-state index contributed by atoms with van der Waals surface area (Å²) in [4.78, 5) is 0. The third kappa shape index (κ3) is 11.6. The van der Waals surface area contributed by atoms with E-state index in [0.717, 1.165) is 12.8 Å². The molecule has 0 fully saturated rings. The van der Waals surface area contributed by atoms with E-state index < -0.39 is 0 Å². The maximum Gasteiger partial charge on any atom is 0.0612 e. The molecule has 0 aromatic carbocycles. The molecule has 0 spiro atoms. The Labute approximate surface area is 138 Å². The van der Waals surface area contributed by atoms with Gasteiger partial charge in [0.05, 0.1) is 6.61 Å². The van der Waals surface area contributed by atoms with Gasteiger partial charge < -0.3 is 5.11 Å². The Balaban J connectivity index is 4.45. The zero-order chi connectivity index (χ0) is 17.0. The molecular formula is C21H36O. The van der Waals surface area contributed by atoms with Crippen LogP contribution in [0.5, 0.6) is 0 Å². The lowest BCUT2D eigenvalue weighted by Crippen LogP contribution is -1.95. The van der Waals surface area contributed by atoms with Gasteiger partial charge in [-0.2, -0.15) is 0 Å². The average Bonchev–Trinajstić information content (AvgIpc) is 2.42. The van der Waals surface area contributed by atoms with E-state index in [1.165, 1.54) is 29.6 Å². The van der Waals surface area contributed by atoms with E-state index in [0.29, 0.717) is 11.8 Å². The number of hydrogen-bond donors (Lipinski definition) is 1. The predicted molar refractivity (Wildman–Crippen MR) is 100.0 cm³/mol. The first-order valence-electron chi connectivity index (χ1n) is 8.68. The fourth-order valence-electron chi connectivity index (χ4n) is 2.69. The lowest BCUT2D eigenvalue weighted by molar-refractivity contribution is 0.342. The van der Waals surface area contributed by atoms with Crippen molar-refractivity contribution in [1.82, 2.24) is 0 Å². The van der Waals surface area contributed by atoms with Crippen LogP contribution in [0.15, 0.2) is 47.1 Å². The Bertz CT molecular complexity index is 410. The highest BCUT2D eigenvalue weighted by molar-refractivity contribution is 5.29. The molecule has 0 aliphatic rings. The summed E-state index contributed by atoms with van der Waals surface area (Å²) < 4.78 is 0. The first-order valence-corrected chi connectivity index (χ1v) is 8.68. The van der Waals surface area contributed by atoms with Crippen LogP contribution in [0.4, 0.5) is 0 Å². The van der Waals surface area contributed by atoms with Gasteiger partial charge in [-0.05, 0) is 51.9 Å². The van der Waals surface area contributed by atoms with Crippen molar-refractivity contribution in [3.63, 3.8) is 0 Å². The molecule has 1 heteroatoms. The van der Waals surface area contributed by atoms with Crippen LogP contribution in [-0.2, 0) is 0 Å². The molecule has 2 unspecified atom stereocenters. The molecule has 0 aromatic heterocycles. The summed E-state index contributed by atoms with van der Waals surface area (Å²) in [5, 5.41) is 8.71. The Kier molecular flexibility index (Phi) is 11.9. The van der Waals surface area contributed by atoms with Gasteiger partial charge in [-0.3, -0.25) is 0 Å². The summed E-state index contributed by atoms with van der Waals surface area (Å²) in [6.07, 6.45) is 15.4. The van der Waals surface area contributed by atoms with Crippen molar-refractivity contribution in [3.8, 4) is 0 Å². The fraction of sp³-hybridized carbons (Fsp3) is 0.619. The molecule has 126 valence electrons. The van der Waals surface area contributed by atoms with Gasteiger partial charge in [0.15, 0.2) is 0 Å². The molecule has 1 nitrogen and oxygen atoms in total. The smallest absolute Gasteiger partial charge is 0.0612 e. The largest absolute Gasteiger partial charge is 0.392 e. The van der Waals surface area contributed by atoms with Crippen LogP contribution in [0.25, 0.3) is 0 Å². The molecule has 0 bridgehead atoms. The lowest BCUT2D eigenvalue weighted by atomic mass is 9.96. The fourth-order valence-corrected chi connectivity index (χ4v) is 2.69. The maximum atomic E-state index is 8.71. The highest BCUT2D eigenvalue weighted by Crippen LogP contribution is 2.18. The molecule has 0 saturated heterocycles. The average molecular weight is 305 g/mol. The Morgan fingerprint density at radius 1 is 1.00 bits per heavy atom. The second-order valence-electron chi connectivity index (χ2n) is 6.72. The normalized spacial score (nSPS) is 17.1. The molecule has 22 heavy (non-hydrogen) atoms. The molecule has 0 amide bonds. The van der Waals surface area contributed by atoms with Crippen LogP contribution < -0.4 is 0 Å². The monoisotopic (exact) mass is 304 g/mol. The Morgan fingerprint density at radius 3 is 2.27 bits per heavy atom. The zero-order valence-electron chi connectivity index (χ0n) is 15.5. The van der Waals surface area contributed by atoms with Gasteiger partial charge in [0.1, 0.15) is 0 Å². The SMILES string of the molecule is CCC(C)C=C(C)C=C(C)C=C(C)CC(C)CCC=CCO. The van der Waals surface area contributed by atoms with Gasteiger partial charge >= 0.3 is 0 Å². The molecule has 0 saturated carbocycles. The minimum Gasteiger partial charge on any atom is -0.392 e. The van der Waals surface area contributed by atoms with Crippen molar-refractivity contribution < 1.29 is 5.11 Å². The Morgan fingerprint density at radius 2 is 1.68 bits per heavy atom. The van der Waals surface area contributed by atoms with Crippen molar-refractivity contribution in [3.05, 3.63) is 47.1 Å². The minimum atomic E-state index is 0.154. The number of allylic oxidation sites excluding steroid dienone is 7. The van der Waals surface area contributed by atoms with Gasteiger partial charge in [0.25, 0.3) is 0 Å². The highest BCUT2D eigenvalue weighted by Gasteiger charge is 2.02. The minimum absolute atomic E-state index is 0.154. The maximum absolute atomic E-state index is 8.71. The van der Waals surface area contributed by atoms with E-state index in [4.69, 9.17) is 5.11 Å². The number of hydrogen-bond acceptors (Lipinski definition) is 1. The summed E-state index contributed by atoms with van der Waals surface area (Å²) in [5.74, 6) is 1.34. The van der Waals surface area contributed by atoms with Crippen LogP contribution in [0.3, 0.4) is 0 Å². The second-order valence-corrected chi connectivity index (χ2v) is 6.72. The standard InChI is InChI=1S/C21H36O/c1-7-17(2)13-19(4)15-21(6)16-20(5)14-18(3)11-9-8-10-12-22/h8,10,13,15-18,22H,7,9,11-12,14H2,1-6H3. The second kappa shape index (κ2) is 12.5.